The maximum Gasteiger partial charge on any atom is 0.313 e. The number of halogens is 1. The van der Waals surface area contributed by atoms with E-state index in [9.17, 15) is 4.79 Å². The second-order valence-corrected chi connectivity index (χ2v) is 4.35. The van der Waals surface area contributed by atoms with E-state index in [1.165, 1.54) is 13.3 Å². The fourth-order valence-electron chi connectivity index (χ4n) is 0.983. The summed E-state index contributed by atoms with van der Waals surface area (Å²) in [4.78, 5) is 15.2. The number of ether oxygens (including phenoxy) is 2. The van der Waals surface area contributed by atoms with Crippen LogP contribution in [-0.2, 0) is 14.3 Å². The Bertz CT molecular complexity index is 301. The van der Waals surface area contributed by atoms with Gasteiger partial charge in [-0.1, -0.05) is 11.6 Å². The van der Waals surface area contributed by atoms with Crippen molar-refractivity contribution in [2.45, 2.75) is 13.8 Å². The van der Waals surface area contributed by atoms with Gasteiger partial charge in [0.15, 0.2) is 0 Å². The second kappa shape index (κ2) is 8.08. The van der Waals surface area contributed by atoms with E-state index < -0.39 is 5.41 Å². The van der Waals surface area contributed by atoms with Gasteiger partial charge in [-0.3, -0.25) is 4.79 Å². The maximum absolute atomic E-state index is 11.3. The van der Waals surface area contributed by atoms with Crippen molar-refractivity contribution in [2.75, 3.05) is 27.4 Å². The number of esters is 1. The third kappa shape index (κ3) is 6.97. The van der Waals surface area contributed by atoms with Gasteiger partial charge in [-0.2, -0.15) is 0 Å². The molecule has 0 fully saturated rings. The molecule has 0 aliphatic rings. The first kappa shape index (κ1) is 15.9. The first-order chi connectivity index (χ1) is 7.94. The maximum atomic E-state index is 11.3. The van der Waals surface area contributed by atoms with E-state index in [0.29, 0.717) is 5.16 Å². The molecule has 1 N–H and O–H groups in total. The van der Waals surface area contributed by atoms with Crippen LogP contribution in [0, 0.1) is 5.41 Å². The standard InChI is InChI=1S/C11H19ClN2O3/c1-11(2,10(15)16-4)8-17-6-5-14-9(12)7-13-3/h5,7,13H,6,8H2,1-4H3/b9-7-,14-5?. The zero-order valence-electron chi connectivity index (χ0n) is 10.6. The van der Waals surface area contributed by atoms with Gasteiger partial charge in [0.2, 0.25) is 0 Å². The van der Waals surface area contributed by atoms with Crippen molar-refractivity contribution in [3.63, 3.8) is 0 Å². The van der Waals surface area contributed by atoms with Gasteiger partial charge < -0.3 is 14.8 Å². The number of nitrogens with zero attached hydrogens (tertiary/aromatic N) is 1. The molecule has 0 atom stereocenters. The zero-order valence-corrected chi connectivity index (χ0v) is 11.4. The number of hydrogen-bond donors (Lipinski definition) is 1. The SMILES string of the molecule is CN/C=C(/Cl)N=CCOCC(C)(C)C(=O)OC. The largest absolute Gasteiger partial charge is 0.469 e. The summed E-state index contributed by atoms with van der Waals surface area (Å²) in [6, 6.07) is 0. The molecule has 0 aliphatic heterocycles. The van der Waals surface area contributed by atoms with E-state index in [1.54, 1.807) is 27.1 Å². The van der Waals surface area contributed by atoms with Gasteiger partial charge in [-0.15, -0.1) is 0 Å². The third-order valence-corrected chi connectivity index (χ3v) is 2.08. The molecule has 0 bridgehead atoms. The molecule has 0 unspecified atom stereocenters. The van der Waals surface area contributed by atoms with Gasteiger partial charge in [0.05, 0.1) is 25.7 Å². The van der Waals surface area contributed by atoms with Crippen LogP contribution >= 0.6 is 11.6 Å². The van der Waals surface area contributed by atoms with Crippen molar-refractivity contribution in [1.29, 1.82) is 0 Å². The van der Waals surface area contributed by atoms with Crippen LogP contribution in [-0.4, -0.2) is 39.6 Å². The van der Waals surface area contributed by atoms with Crippen LogP contribution in [0.4, 0.5) is 0 Å². The van der Waals surface area contributed by atoms with Gasteiger partial charge in [-0.25, -0.2) is 4.99 Å². The average molecular weight is 263 g/mol. The van der Waals surface area contributed by atoms with Crippen LogP contribution in [0.3, 0.4) is 0 Å². The fourth-order valence-corrected chi connectivity index (χ4v) is 1.16. The quantitative estimate of drug-likeness (QED) is 0.327. The predicted molar refractivity (Wildman–Crippen MR) is 68.1 cm³/mol. The molecule has 0 aliphatic carbocycles. The van der Waals surface area contributed by atoms with E-state index in [4.69, 9.17) is 16.3 Å². The summed E-state index contributed by atoms with van der Waals surface area (Å²) < 4.78 is 9.94. The summed E-state index contributed by atoms with van der Waals surface area (Å²) in [7, 11) is 3.08. The molecule has 5 nitrogen and oxygen atoms in total. The number of hydrogen-bond acceptors (Lipinski definition) is 5. The molecule has 0 spiro atoms. The van der Waals surface area contributed by atoms with E-state index in [1.807, 2.05) is 0 Å². The Morgan fingerprint density at radius 2 is 2.18 bits per heavy atom. The summed E-state index contributed by atoms with van der Waals surface area (Å²) in [5.41, 5.74) is -0.660. The van der Waals surface area contributed by atoms with Crippen LogP contribution in [0.1, 0.15) is 13.8 Å². The molecule has 17 heavy (non-hydrogen) atoms. The van der Waals surface area contributed by atoms with Crippen molar-refractivity contribution in [2.24, 2.45) is 10.4 Å². The van der Waals surface area contributed by atoms with Gasteiger partial charge in [0.25, 0.3) is 0 Å². The Balaban J connectivity index is 3.93. The number of nitrogens with one attached hydrogen (secondary N) is 1. The summed E-state index contributed by atoms with van der Waals surface area (Å²) in [6.45, 7) is 4.06. The summed E-state index contributed by atoms with van der Waals surface area (Å²) in [6.07, 6.45) is 3.08. The van der Waals surface area contributed by atoms with Crippen molar-refractivity contribution >= 4 is 23.8 Å². The highest BCUT2D eigenvalue weighted by molar-refractivity contribution is 6.29. The molecule has 0 aromatic heterocycles. The summed E-state index contributed by atoms with van der Waals surface area (Å²) in [5, 5.41) is 3.08. The molecule has 0 rings (SSSR count). The Hall–Kier alpha value is -1.07. The minimum absolute atomic E-state index is 0.263. The van der Waals surface area contributed by atoms with Crippen LogP contribution in [0.5, 0.6) is 0 Å². The lowest BCUT2D eigenvalue weighted by Crippen LogP contribution is -2.31. The van der Waals surface area contributed by atoms with E-state index in [2.05, 4.69) is 15.0 Å². The number of rotatable bonds is 7. The molecule has 0 radical (unpaired) electrons. The number of carbonyl (C=O) groups is 1. The van der Waals surface area contributed by atoms with Crippen molar-refractivity contribution in [3.05, 3.63) is 11.4 Å². The van der Waals surface area contributed by atoms with Crippen LogP contribution in [0.2, 0.25) is 0 Å². The van der Waals surface area contributed by atoms with E-state index in [0.717, 1.165) is 0 Å². The van der Waals surface area contributed by atoms with Gasteiger partial charge in [-0.05, 0) is 13.8 Å². The molecule has 6 heteroatoms. The Morgan fingerprint density at radius 3 is 2.71 bits per heavy atom. The third-order valence-electron chi connectivity index (χ3n) is 1.87. The minimum atomic E-state index is -0.660. The molecular weight excluding hydrogens is 244 g/mol. The van der Waals surface area contributed by atoms with Crippen LogP contribution < -0.4 is 5.32 Å². The number of carbonyl (C=O) groups excluding carboxylic acids is 1. The molecule has 0 saturated heterocycles. The highest BCUT2D eigenvalue weighted by Crippen LogP contribution is 2.16. The topological polar surface area (TPSA) is 59.9 Å². The normalized spacial score (nSPS) is 12.9. The number of methoxy groups -OCH3 is 1. The van der Waals surface area contributed by atoms with Crippen molar-refractivity contribution in [1.82, 2.24) is 5.32 Å². The average Bonchev–Trinajstić information content (AvgIpc) is 2.27. The van der Waals surface area contributed by atoms with E-state index >= 15 is 0 Å². The monoisotopic (exact) mass is 262 g/mol. The van der Waals surface area contributed by atoms with Gasteiger partial charge in [0, 0.05) is 19.5 Å². The van der Waals surface area contributed by atoms with Crippen molar-refractivity contribution < 1.29 is 14.3 Å². The summed E-state index contributed by atoms with van der Waals surface area (Å²) >= 11 is 5.69. The molecule has 0 aromatic carbocycles. The first-order valence-corrected chi connectivity index (χ1v) is 5.53. The molecule has 0 saturated carbocycles. The lowest BCUT2D eigenvalue weighted by atomic mass is 9.95. The Kier molecular flexibility index (Phi) is 7.58. The smallest absolute Gasteiger partial charge is 0.313 e. The van der Waals surface area contributed by atoms with Crippen molar-refractivity contribution in [3.8, 4) is 0 Å². The highest BCUT2D eigenvalue weighted by Gasteiger charge is 2.28. The molecule has 0 aromatic rings. The lowest BCUT2D eigenvalue weighted by Gasteiger charge is -2.20. The molecule has 0 heterocycles. The minimum Gasteiger partial charge on any atom is -0.469 e. The van der Waals surface area contributed by atoms with Gasteiger partial charge in [0.1, 0.15) is 5.16 Å². The molecular formula is C11H19ClN2O3. The number of aliphatic imine (C=N–C) groups is 1. The Labute approximate surface area is 107 Å². The van der Waals surface area contributed by atoms with Crippen LogP contribution in [0.15, 0.2) is 16.3 Å². The predicted octanol–water partition coefficient (Wildman–Crippen LogP) is 1.53. The van der Waals surface area contributed by atoms with Crippen LogP contribution in [0.25, 0.3) is 0 Å². The summed E-state index contributed by atoms with van der Waals surface area (Å²) in [5.74, 6) is -0.303. The zero-order chi connectivity index (χ0) is 13.3. The molecule has 0 amide bonds. The Morgan fingerprint density at radius 1 is 1.53 bits per heavy atom. The second-order valence-electron chi connectivity index (χ2n) is 3.96. The lowest BCUT2D eigenvalue weighted by molar-refractivity contribution is -0.153. The molecule has 98 valence electrons. The highest BCUT2D eigenvalue weighted by atomic mass is 35.5. The van der Waals surface area contributed by atoms with E-state index in [-0.39, 0.29) is 19.2 Å². The first-order valence-electron chi connectivity index (χ1n) is 5.15. The van der Waals surface area contributed by atoms with Gasteiger partial charge >= 0.3 is 5.97 Å². The fraction of sp³-hybridized carbons (Fsp3) is 0.636.